The smallest absolute Gasteiger partial charge is 0.164 e. The highest BCUT2D eigenvalue weighted by molar-refractivity contribution is 6.19. The summed E-state index contributed by atoms with van der Waals surface area (Å²) in [5.74, 6) is 1.30. The summed E-state index contributed by atoms with van der Waals surface area (Å²) in [6.07, 6.45) is 0.384. The molecule has 0 N–H and O–H groups in total. The summed E-state index contributed by atoms with van der Waals surface area (Å²) in [5.41, 5.74) is 3.76. The van der Waals surface area contributed by atoms with E-state index in [1.54, 1.807) is 7.11 Å². The van der Waals surface area contributed by atoms with E-state index in [0.717, 1.165) is 28.0 Å². The number of methoxy groups -OCH3 is 1. The van der Waals surface area contributed by atoms with E-state index < -0.39 is 0 Å². The van der Waals surface area contributed by atoms with Crippen molar-refractivity contribution < 1.29 is 9.53 Å². The SMILES string of the molecule is COc1cc(C)c(C(=O)CCCl)c(C)c1C. The van der Waals surface area contributed by atoms with Gasteiger partial charge in [0.25, 0.3) is 0 Å². The van der Waals surface area contributed by atoms with Crippen LogP contribution in [0.3, 0.4) is 0 Å². The van der Waals surface area contributed by atoms with Crippen LogP contribution >= 0.6 is 11.6 Å². The molecule has 0 aliphatic heterocycles. The molecule has 0 spiro atoms. The monoisotopic (exact) mass is 240 g/mol. The Morgan fingerprint density at radius 1 is 1.31 bits per heavy atom. The van der Waals surface area contributed by atoms with E-state index in [1.165, 1.54) is 0 Å². The molecule has 1 aromatic carbocycles. The Balaban J connectivity index is 3.30. The maximum absolute atomic E-state index is 11.9. The zero-order valence-corrected chi connectivity index (χ0v) is 10.9. The van der Waals surface area contributed by atoms with Gasteiger partial charge in [0.1, 0.15) is 5.75 Å². The van der Waals surface area contributed by atoms with Gasteiger partial charge < -0.3 is 4.74 Å². The number of alkyl halides is 1. The fourth-order valence-electron chi connectivity index (χ4n) is 1.90. The van der Waals surface area contributed by atoms with Gasteiger partial charge in [0.2, 0.25) is 0 Å². The Bertz CT molecular complexity index is 411. The standard InChI is InChI=1S/C13H17ClO2/c1-8-7-12(16-4)9(2)10(3)13(8)11(15)5-6-14/h7H,5-6H2,1-4H3. The van der Waals surface area contributed by atoms with Gasteiger partial charge in [0, 0.05) is 17.9 Å². The maximum Gasteiger partial charge on any atom is 0.164 e. The van der Waals surface area contributed by atoms with Crippen LogP contribution in [0.25, 0.3) is 0 Å². The first-order chi connectivity index (χ1) is 7.52. The van der Waals surface area contributed by atoms with Crippen molar-refractivity contribution in [2.75, 3.05) is 13.0 Å². The van der Waals surface area contributed by atoms with Gasteiger partial charge in [-0.25, -0.2) is 0 Å². The summed E-state index contributed by atoms with van der Waals surface area (Å²) in [5, 5.41) is 0. The van der Waals surface area contributed by atoms with E-state index in [2.05, 4.69) is 0 Å². The molecule has 0 amide bonds. The van der Waals surface area contributed by atoms with Crippen LogP contribution in [0.15, 0.2) is 6.07 Å². The molecule has 0 bridgehead atoms. The van der Waals surface area contributed by atoms with Crippen molar-refractivity contribution in [1.29, 1.82) is 0 Å². The lowest BCUT2D eigenvalue weighted by Crippen LogP contribution is -2.07. The van der Waals surface area contributed by atoms with E-state index >= 15 is 0 Å². The molecule has 0 unspecified atom stereocenters. The van der Waals surface area contributed by atoms with E-state index in [0.29, 0.717) is 12.3 Å². The Morgan fingerprint density at radius 2 is 1.94 bits per heavy atom. The van der Waals surface area contributed by atoms with Crippen LogP contribution in [0.4, 0.5) is 0 Å². The summed E-state index contributed by atoms with van der Waals surface area (Å²) in [7, 11) is 1.64. The molecule has 0 radical (unpaired) electrons. The molecule has 0 atom stereocenters. The number of halogens is 1. The van der Waals surface area contributed by atoms with Gasteiger partial charge >= 0.3 is 0 Å². The van der Waals surface area contributed by atoms with Crippen LogP contribution in [0, 0.1) is 20.8 Å². The highest BCUT2D eigenvalue weighted by Gasteiger charge is 2.16. The number of Topliss-reactive ketones (excluding diaryl/α,β-unsaturated/α-hetero) is 1. The average molecular weight is 241 g/mol. The van der Waals surface area contributed by atoms with E-state index in [-0.39, 0.29) is 5.78 Å². The summed E-state index contributed by atoms with van der Waals surface area (Å²) in [6.45, 7) is 5.84. The van der Waals surface area contributed by atoms with Crippen molar-refractivity contribution in [1.82, 2.24) is 0 Å². The van der Waals surface area contributed by atoms with Crippen LogP contribution < -0.4 is 4.74 Å². The minimum Gasteiger partial charge on any atom is -0.496 e. The third-order valence-electron chi connectivity index (χ3n) is 2.87. The summed E-state index contributed by atoms with van der Waals surface area (Å²) < 4.78 is 5.26. The summed E-state index contributed by atoms with van der Waals surface area (Å²) in [6, 6.07) is 1.91. The first-order valence-corrected chi connectivity index (χ1v) is 5.80. The Morgan fingerprint density at radius 3 is 2.44 bits per heavy atom. The van der Waals surface area contributed by atoms with Crippen LogP contribution in [-0.4, -0.2) is 18.8 Å². The molecule has 0 aliphatic rings. The molecule has 2 nitrogen and oxygen atoms in total. The highest BCUT2D eigenvalue weighted by Crippen LogP contribution is 2.28. The van der Waals surface area contributed by atoms with Gasteiger partial charge in [0.15, 0.2) is 5.78 Å². The molecule has 0 fully saturated rings. The second kappa shape index (κ2) is 5.35. The topological polar surface area (TPSA) is 26.3 Å². The number of aryl methyl sites for hydroxylation is 1. The van der Waals surface area contributed by atoms with Crippen LogP contribution in [0.5, 0.6) is 5.75 Å². The van der Waals surface area contributed by atoms with Gasteiger partial charge in [0.05, 0.1) is 7.11 Å². The zero-order valence-electron chi connectivity index (χ0n) is 10.2. The zero-order chi connectivity index (χ0) is 12.3. The maximum atomic E-state index is 11.9. The molecular formula is C13H17ClO2. The lowest BCUT2D eigenvalue weighted by molar-refractivity contribution is 0.0988. The number of carbonyl (C=O) groups excluding carboxylic acids is 1. The predicted molar refractivity (Wildman–Crippen MR) is 66.9 cm³/mol. The highest BCUT2D eigenvalue weighted by atomic mass is 35.5. The van der Waals surface area contributed by atoms with Gasteiger partial charge in [-0.05, 0) is 43.5 Å². The second-order valence-electron chi connectivity index (χ2n) is 3.88. The molecule has 0 heterocycles. The van der Waals surface area contributed by atoms with Crippen molar-refractivity contribution in [2.45, 2.75) is 27.2 Å². The van der Waals surface area contributed by atoms with Gasteiger partial charge in [-0.15, -0.1) is 11.6 Å². The third kappa shape index (κ3) is 2.38. The van der Waals surface area contributed by atoms with Crippen molar-refractivity contribution >= 4 is 17.4 Å². The van der Waals surface area contributed by atoms with Crippen molar-refractivity contribution in [3.8, 4) is 5.75 Å². The number of ketones is 1. The van der Waals surface area contributed by atoms with E-state index in [4.69, 9.17) is 16.3 Å². The minimum atomic E-state index is 0.107. The average Bonchev–Trinajstić information content (AvgIpc) is 2.24. The number of hydrogen-bond acceptors (Lipinski definition) is 2. The molecular weight excluding hydrogens is 224 g/mol. The lowest BCUT2D eigenvalue weighted by Gasteiger charge is -2.14. The molecule has 0 saturated heterocycles. The lowest BCUT2D eigenvalue weighted by atomic mass is 9.93. The largest absolute Gasteiger partial charge is 0.496 e. The Kier molecular flexibility index (Phi) is 4.36. The summed E-state index contributed by atoms with van der Waals surface area (Å²) >= 11 is 5.60. The first-order valence-electron chi connectivity index (χ1n) is 5.26. The molecule has 1 rings (SSSR count). The molecule has 0 saturated carbocycles. The Labute approximate surface area is 102 Å². The third-order valence-corrected chi connectivity index (χ3v) is 3.06. The van der Waals surface area contributed by atoms with Crippen molar-refractivity contribution in [3.63, 3.8) is 0 Å². The van der Waals surface area contributed by atoms with Gasteiger partial charge in [-0.3, -0.25) is 4.79 Å². The molecule has 0 aromatic heterocycles. The molecule has 3 heteroatoms. The van der Waals surface area contributed by atoms with Crippen LogP contribution in [0.2, 0.25) is 0 Å². The second-order valence-corrected chi connectivity index (χ2v) is 4.26. The molecule has 0 aliphatic carbocycles. The van der Waals surface area contributed by atoms with Crippen molar-refractivity contribution in [3.05, 3.63) is 28.3 Å². The van der Waals surface area contributed by atoms with E-state index in [9.17, 15) is 4.79 Å². The number of hydrogen-bond donors (Lipinski definition) is 0. The number of benzene rings is 1. The number of rotatable bonds is 4. The van der Waals surface area contributed by atoms with Crippen LogP contribution in [0.1, 0.15) is 33.5 Å². The first kappa shape index (κ1) is 13.0. The molecule has 16 heavy (non-hydrogen) atoms. The van der Waals surface area contributed by atoms with E-state index in [1.807, 2.05) is 26.8 Å². The van der Waals surface area contributed by atoms with Crippen LogP contribution in [-0.2, 0) is 0 Å². The quantitative estimate of drug-likeness (QED) is 0.595. The normalized spacial score (nSPS) is 10.3. The molecule has 88 valence electrons. The number of carbonyl (C=O) groups is 1. The van der Waals surface area contributed by atoms with Gasteiger partial charge in [-0.1, -0.05) is 0 Å². The minimum absolute atomic E-state index is 0.107. The number of ether oxygens (including phenoxy) is 1. The van der Waals surface area contributed by atoms with Gasteiger partial charge in [-0.2, -0.15) is 0 Å². The fraction of sp³-hybridized carbons (Fsp3) is 0.462. The predicted octanol–water partition coefficient (Wildman–Crippen LogP) is 3.43. The Hall–Kier alpha value is -1.02. The molecule has 1 aromatic rings. The van der Waals surface area contributed by atoms with Crippen molar-refractivity contribution in [2.24, 2.45) is 0 Å². The summed E-state index contributed by atoms with van der Waals surface area (Å²) in [4.78, 5) is 11.9. The fourth-order valence-corrected chi connectivity index (χ4v) is 2.07.